The Hall–Kier alpha value is -2.67. The number of hydrogen-bond donors (Lipinski definition) is 2. The van der Waals surface area contributed by atoms with Gasteiger partial charge in [0, 0.05) is 22.9 Å². The zero-order chi connectivity index (χ0) is 21.0. The Morgan fingerprint density at radius 2 is 1.69 bits per heavy atom. The molecule has 7 heteroatoms. The molecule has 154 valence electrons. The molecule has 1 amide bonds. The van der Waals surface area contributed by atoms with E-state index in [-0.39, 0.29) is 22.7 Å². The minimum Gasteiger partial charge on any atom is -0.350 e. The highest BCUT2D eigenvalue weighted by Gasteiger charge is 2.28. The molecule has 1 unspecified atom stereocenters. The molecule has 29 heavy (non-hydrogen) atoms. The Morgan fingerprint density at radius 3 is 2.38 bits per heavy atom. The second-order valence-electron chi connectivity index (χ2n) is 7.81. The predicted molar refractivity (Wildman–Crippen MR) is 116 cm³/mol. The van der Waals surface area contributed by atoms with Crippen LogP contribution in [0.15, 0.2) is 57.8 Å². The zero-order valence-corrected chi connectivity index (χ0v) is 17.8. The molecule has 6 nitrogen and oxygen atoms in total. The molecule has 2 aromatic rings. The van der Waals surface area contributed by atoms with Crippen molar-refractivity contribution in [1.82, 2.24) is 5.32 Å². The number of benzene rings is 2. The van der Waals surface area contributed by atoms with E-state index < -0.39 is 10.0 Å². The molecule has 1 aliphatic heterocycles. The van der Waals surface area contributed by atoms with Gasteiger partial charge in [0.2, 0.25) is 0 Å². The fourth-order valence-electron chi connectivity index (χ4n) is 3.25. The molecule has 0 spiro atoms. The first-order valence-electron chi connectivity index (χ1n) is 9.88. The van der Waals surface area contributed by atoms with E-state index in [2.05, 4.69) is 28.9 Å². The van der Waals surface area contributed by atoms with Crippen molar-refractivity contribution in [3.63, 3.8) is 0 Å². The number of nitrogens with one attached hydrogen (secondary N) is 2. The van der Waals surface area contributed by atoms with E-state index in [0.717, 1.165) is 19.3 Å². The molecule has 1 aliphatic rings. The van der Waals surface area contributed by atoms with Gasteiger partial charge in [0.15, 0.2) is 5.84 Å². The molecule has 0 saturated carbocycles. The van der Waals surface area contributed by atoms with Crippen molar-refractivity contribution in [2.45, 2.75) is 51.0 Å². The van der Waals surface area contributed by atoms with Gasteiger partial charge in [-0.2, -0.15) is 8.42 Å². The van der Waals surface area contributed by atoms with E-state index in [1.54, 1.807) is 48.5 Å². The number of amides is 1. The molecule has 0 aromatic heterocycles. The van der Waals surface area contributed by atoms with Crippen LogP contribution in [0.4, 0.5) is 5.69 Å². The Kier molecular flexibility index (Phi) is 6.37. The summed E-state index contributed by atoms with van der Waals surface area (Å²) in [5.41, 5.74) is 1.77. The lowest BCUT2D eigenvalue weighted by Crippen LogP contribution is -2.32. The Morgan fingerprint density at radius 1 is 1.00 bits per heavy atom. The van der Waals surface area contributed by atoms with Gasteiger partial charge in [-0.3, -0.25) is 4.79 Å². The highest BCUT2D eigenvalue weighted by molar-refractivity contribution is 7.90. The first-order valence-corrected chi connectivity index (χ1v) is 11.3. The fraction of sp³-hybridized carbons (Fsp3) is 0.364. The number of hydrogen-bond acceptors (Lipinski definition) is 4. The van der Waals surface area contributed by atoms with E-state index in [1.807, 2.05) is 6.92 Å². The Bertz CT molecular complexity index is 1010. The van der Waals surface area contributed by atoms with Crippen molar-refractivity contribution >= 4 is 27.5 Å². The smallest absolute Gasteiger partial charge is 0.285 e. The molecule has 1 atom stereocenters. The normalized spacial score (nSPS) is 15.5. The summed E-state index contributed by atoms with van der Waals surface area (Å²) in [4.78, 5) is 12.6. The van der Waals surface area contributed by atoms with Gasteiger partial charge in [-0.05, 0) is 55.7 Å². The van der Waals surface area contributed by atoms with Crippen molar-refractivity contribution < 1.29 is 13.2 Å². The maximum atomic E-state index is 12.4. The van der Waals surface area contributed by atoms with Crippen molar-refractivity contribution in [3.05, 3.63) is 59.7 Å². The molecule has 0 bridgehead atoms. The number of anilines is 1. The predicted octanol–water partition coefficient (Wildman–Crippen LogP) is 4.19. The highest BCUT2D eigenvalue weighted by atomic mass is 32.2. The summed E-state index contributed by atoms with van der Waals surface area (Å²) in [5, 5.41) is 6.06. The second-order valence-corrected chi connectivity index (χ2v) is 9.39. The van der Waals surface area contributed by atoms with Crippen LogP contribution in [0, 0.1) is 5.92 Å². The molecule has 2 aromatic carbocycles. The van der Waals surface area contributed by atoms with Gasteiger partial charge in [-0.25, -0.2) is 0 Å². The molecule has 0 aliphatic carbocycles. The standard InChI is InChI=1S/C22H27N3O3S/c1-15(2)7-6-8-16(3)23-22(26)17-11-13-18(14-12-17)24-21-19-9-4-5-10-20(19)29(27,28)25-21/h4-5,9-16H,6-8H2,1-3H3,(H,23,26)(H,24,25). The average Bonchev–Trinajstić information content (AvgIpc) is 2.92. The van der Waals surface area contributed by atoms with Gasteiger partial charge in [0.1, 0.15) is 4.90 Å². The van der Waals surface area contributed by atoms with E-state index in [9.17, 15) is 13.2 Å². The summed E-state index contributed by atoms with van der Waals surface area (Å²) < 4.78 is 28.1. The van der Waals surface area contributed by atoms with Gasteiger partial charge in [0.25, 0.3) is 15.9 Å². The molecule has 0 saturated heterocycles. The summed E-state index contributed by atoms with van der Waals surface area (Å²) in [5.74, 6) is 0.848. The first kappa shape index (κ1) is 21.0. The molecular formula is C22H27N3O3S. The largest absolute Gasteiger partial charge is 0.350 e. The van der Waals surface area contributed by atoms with Crippen molar-refractivity contribution in [2.75, 3.05) is 5.32 Å². The number of sulfonamides is 1. The van der Waals surface area contributed by atoms with Crippen molar-refractivity contribution in [3.8, 4) is 0 Å². The quantitative estimate of drug-likeness (QED) is 0.712. The van der Waals surface area contributed by atoms with Crippen molar-refractivity contribution in [2.24, 2.45) is 10.3 Å². The maximum Gasteiger partial charge on any atom is 0.285 e. The Balaban J connectivity index is 1.62. The van der Waals surface area contributed by atoms with Crippen LogP contribution in [0.5, 0.6) is 0 Å². The van der Waals surface area contributed by atoms with Crippen LogP contribution >= 0.6 is 0 Å². The molecular weight excluding hydrogens is 386 g/mol. The second kappa shape index (κ2) is 8.78. The summed E-state index contributed by atoms with van der Waals surface area (Å²) in [6.45, 7) is 6.41. The summed E-state index contributed by atoms with van der Waals surface area (Å²) in [6.07, 6.45) is 3.20. The third-order valence-corrected chi connectivity index (χ3v) is 6.17. The SMILES string of the molecule is CC(C)CCCC(C)NC(=O)c1ccc(NC2=NS(=O)(=O)c3ccccc32)cc1. The van der Waals surface area contributed by atoms with Gasteiger partial charge in [-0.15, -0.1) is 4.40 Å². The number of carbonyl (C=O) groups excluding carboxylic acids is 1. The molecule has 3 rings (SSSR count). The van der Waals surface area contributed by atoms with Crippen LogP contribution < -0.4 is 10.6 Å². The van der Waals surface area contributed by atoms with E-state index in [0.29, 0.717) is 22.7 Å². The zero-order valence-electron chi connectivity index (χ0n) is 17.0. The molecule has 0 radical (unpaired) electrons. The number of fused-ring (bicyclic) bond motifs is 1. The summed E-state index contributed by atoms with van der Waals surface area (Å²) in [6, 6.07) is 13.7. The van der Waals surface area contributed by atoms with Crippen LogP contribution in [-0.2, 0) is 10.0 Å². The van der Waals surface area contributed by atoms with Crippen LogP contribution in [0.2, 0.25) is 0 Å². The van der Waals surface area contributed by atoms with Crippen LogP contribution in [-0.4, -0.2) is 26.2 Å². The van der Waals surface area contributed by atoms with Gasteiger partial charge >= 0.3 is 0 Å². The van der Waals surface area contributed by atoms with Crippen molar-refractivity contribution in [1.29, 1.82) is 0 Å². The molecule has 0 fully saturated rings. The summed E-state index contributed by atoms with van der Waals surface area (Å²) in [7, 11) is -3.66. The maximum absolute atomic E-state index is 12.4. The third-order valence-electron chi connectivity index (χ3n) is 4.84. The lowest BCUT2D eigenvalue weighted by molar-refractivity contribution is 0.0938. The lowest BCUT2D eigenvalue weighted by atomic mass is 10.0. The van der Waals surface area contributed by atoms with Crippen LogP contribution in [0.3, 0.4) is 0 Å². The fourth-order valence-corrected chi connectivity index (χ4v) is 4.42. The highest BCUT2D eigenvalue weighted by Crippen LogP contribution is 2.26. The van der Waals surface area contributed by atoms with Crippen LogP contribution in [0.1, 0.15) is 56.0 Å². The summed E-state index contributed by atoms with van der Waals surface area (Å²) >= 11 is 0. The Labute approximate surface area is 172 Å². The minimum absolute atomic E-state index is 0.111. The number of carbonyl (C=O) groups is 1. The molecule has 1 heterocycles. The third kappa shape index (κ3) is 5.23. The first-order chi connectivity index (χ1) is 13.8. The van der Waals surface area contributed by atoms with Gasteiger partial charge in [-0.1, -0.05) is 38.8 Å². The molecule has 2 N–H and O–H groups in total. The lowest BCUT2D eigenvalue weighted by Gasteiger charge is -2.15. The monoisotopic (exact) mass is 413 g/mol. The van der Waals surface area contributed by atoms with Gasteiger partial charge in [0.05, 0.1) is 0 Å². The number of rotatable bonds is 7. The van der Waals surface area contributed by atoms with Gasteiger partial charge < -0.3 is 10.6 Å². The van der Waals surface area contributed by atoms with Crippen LogP contribution in [0.25, 0.3) is 0 Å². The topological polar surface area (TPSA) is 87.6 Å². The van der Waals surface area contributed by atoms with E-state index >= 15 is 0 Å². The van der Waals surface area contributed by atoms with E-state index in [4.69, 9.17) is 0 Å². The number of amidine groups is 1. The average molecular weight is 414 g/mol. The minimum atomic E-state index is -3.66. The number of nitrogens with zero attached hydrogens (tertiary/aromatic N) is 1. The van der Waals surface area contributed by atoms with E-state index in [1.165, 1.54) is 0 Å².